The number of benzene rings is 2. The number of fused-ring (bicyclic) bond motifs is 1. The summed E-state index contributed by atoms with van der Waals surface area (Å²) < 4.78 is 0. The van der Waals surface area contributed by atoms with E-state index in [9.17, 15) is 0 Å². The molecule has 0 bridgehead atoms. The van der Waals surface area contributed by atoms with Crippen molar-refractivity contribution in [2.24, 2.45) is 0 Å². The summed E-state index contributed by atoms with van der Waals surface area (Å²) in [5.74, 6) is 7.60. The Morgan fingerprint density at radius 3 is 0.857 bits per heavy atom. The first kappa shape index (κ1) is 36.4. The van der Waals surface area contributed by atoms with Crippen LogP contribution in [0.3, 0.4) is 0 Å². The standard InChI is InChI=1S/C40H64Si2/c1-27(2)41(28(3)4,29(5)6)21-19-33-23-35-36(37(25-33)39(13,14)15)24-34(26-38(35)40(16,17)18)20-22-42(30(7)8,31(9)10)32(11)12/h23-32H,1-18H3. The van der Waals surface area contributed by atoms with Crippen LogP contribution in [0, 0.1) is 22.9 Å². The molecule has 0 atom stereocenters. The van der Waals surface area contributed by atoms with Crippen molar-refractivity contribution in [2.75, 3.05) is 0 Å². The highest BCUT2D eigenvalue weighted by Crippen LogP contribution is 2.43. The van der Waals surface area contributed by atoms with E-state index in [1.807, 2.05) is 0 Å². The Morgan fingerprint density at radius 1 is 0.429 bits per heavy atom. The average molecular weight is 601 g/mol. The van der Waals surface area contributed by atoms with Gasteiger partial charge in [0.05, 0.1) is 0 Å². The second-order valence-corrected chi connectivity index (χ2v) is 28.1. The Bertz CT molecular complexity index is 1210. The first-order valence-corrected chi connectivity index (χ1v) is 21.2. The predicted molar refractivity (Wildman–Crippen MR) is 197 cm³/mol. The zero-order valence-electron chi connectivity index (χ0n) is 30.8. The summed E-state index contributed by atoms with van der Waals surface area (Å²) in [5.41, 5.74) is 16.8. The molecular weight excluding hydrogens is 537 g/mol. The third-order valence-electron chi connectivity index (χ3n) is 10.3. The van der Waals surface area contributed by atoms with E-state index in [-0.39, 0.29) is 10.8 Å². The van der Waals surface area contributed by atoms with Gasteiger partial charge in [-0.3, -0.25) is 0 Å². The second kappa shape index (κ2) is 13.1. The van der Waals surface area contributed by atoms with Gasteiger partial charge in [-0.05, 0) is 90.2 Å². The van der Waals surface area contributed by atoms with Crippen LogP contribution in [0.4, 0.5) is 0 Å². The van der Waals surface area contributed by atoms with E-state index in [0.29, 0.717) is 33.2 Å². The Labute approximate surface area is 264 Å². The normalized spacial score (nSPS) is 13.4. The van der Waals surface area contributed by atoms with Gasteiger partial charge < -0.3 is 0 Å². The second-order valence-electron chi connectivity index (χ2n) is 16.9. The van der Waals surface area contributed by atoms with Crippen molar-refractivity contribution in [3.63, 3.8) is 0 Å². The fraction of sp³-hybridized carbons (Fsp3) is 0.650. The molecular formula is C40H64Si2. The Balaban J connectivity index is 3.04. The van der Waals surface area contributed by atoms with Gasteiger partial charge in [0, 0.05) is 11.1 Å². The van der Waals surface area contributed by atoms with Gasteiger partial charge in [-0.25, -0.2) is 0 Å². The van der Waals surface area contributed by atoms with Gasteiger partial charge in [-0.1, -0.05) is 136 Å². The molecule has 0 saturated carbocycles. The summed E-state index contributed by atoms with van der Waals surface area (Å²) in [6.07, 6.45) is 0. The Morgan fingerprint density at radius 2 is 0.667 bits per heavy atom. The topological polar surface area (TPSA) is 0 Å². The van der Waals surface area contributed by atoms with E-state index in [1.54, 1.807) is 0 Å². The van der Waals surface area contributed by atoms with Crippen LogP contribution in [0.15, 0.2) is 24.3 Å². The molecule has 0 nitrogen and oxygen atoms in total. The molecule has 0 aliphatic heterocycles. The van der Waals surface area contributed by atoms with E-state index in [2.05, 4.69) is 172 Å². The number of rotatable bonds is 6. The average Bonchev–Trinajstić information content (AvgIpc) is 2.81. The summed E-state index contributed by atoms with van der Waals surface area (Å²) in [6, 6.07) is 9.58. The molecule has 2 heteroatoms. The third kappa shape index (κ3) is 7.14. The molecule has 42 heavy (non-hydrogen) atoms. The molecule has 2 aromatic carbocycles. The molecule has 0 heterocycles. The highest BCUT2D eigenvalue weighted by atomic mass is 28.3. The minimum atomic E-state index is -1.83. The quantitative estimate of drug-likeness (QED) is 0.228. The van der Waals surface area contributed by atoms with Crippen LogP contribution in [0.5, 0.6) is 0 Å². The Kier molecular flexibility index (Phi) is 11.4. The lowest BCUT2D eigenvalue weighted by molar-refractivity contribution is 0.590. The van der Waals surface area contributed by atoms with Crippen molar-refractivity contribution in [3.8, 4) is 22.9 Å². The Hall–Kier alpha value is -1.75. The molecule has 0 fully saturated rings. The van der Waals surface area contributed by atoms with Gasteiger partial charge in [0.25, 0.3) is 0 Å². The molecule has 2 rings (SSSR count). The van der Waals surface area contributed by atoms with Crippen molar-refractivity contribution >= 4 is 26.9 Å². The minimum Gasteiger partial charge on any atom is -0.125 e. The van der Waals surface area contributed by atoms with Crippen molar-refractivity contribution in [1.29, 1.82) is 0 Å². The van der Waals surface area contributed by atoms with Crippen LogP contribution in [-0.4, -0.2) is 16.1 Å². The van der Waals surface area contributed by atoms with Crippen LogP contribution in [-0.2, 0) is 10.8 Å². The summed E-state index contributed by atoms with van der Waals surface area (Å²) in [5, 5.41) is 2.69. The fourth-order valence-corrected chi connectivity index (χ4v) is 18.5. The van der Waals surface area contributed by atoms with Crippen molar-refractivity contribution in [2.45, 2.75) is 169 Å². The third-order valence-corrected chi connectivity index (χ3v) is 22.8. The number of hydrogen-bond donors (Lipinski definition) is 0. The molecule has 0 aliphatic carbocycles. The molecule has 2 aromatic rings. The van der Waals surface area contributed by atoms with E-state index in [4.69, 9.17) is 0 Å². The van der Waals surface area contributed by atoms with Crippen molar-refractivity contribution < 1.29 is 0 Å². The van der Waals surface area contributed by atoms with E-state index < -0.39 is 16.1 Å². The van der Waals surface area contributed by atoms with Crippen LogP contribution in [0.2, 0.25) is 33.2 Å². The molecule has 0 saturated heterocycles. The molecule has 0 spiro atoms. The van der Waals surface area contributed by atoms with Crippen LogP contribution in [0.25, 0.3) is 10.8 Å². The lowest BCUT2D eigenvalue weighted by Gasteiger charge is -2.38. The van der Waals surface area contributed by atoms with Crippen LogP contribution in [0.1, 0.15) is 147 Å². The first-order chi connectivity index (χ1) is 19.0. The maximum Gasteiger partial charge on any atom is 0.146 e. The van der Waals surface area contributed by atoms with Gasteiger partial charge in [-0.2, -0.15) is 0 Å². The van der Waals surface area contributed by atoms with E-state index >= 15 is 0 Å². The molecule has 0 aromatic heterocycles. The summed E-state index contributed by atoms with van der Waals surface area (Å²) >= 11 is 0. The summed E-state index contributed by atoms with van der Waals surface area (Å²) in [7, 11) is -3.67. The maximum atomic E-state index is 4.00. The smallest absolute Gasteiger partial charge is 0.125 e. The largest absolute Gasteiger partial charge is 0.146 e. The zero-order valence-corrected chi connectivity index (χ0v) is 32.8. The summed E-state index contributed by atoms with van der Waals surface area (Å²) in [4.78, 5) is 0. The molecule has 232 valence electrons. The first-order valence-electron chi connectivity index (χ1n) is 16.7. The van der Waals surface area contributed by atoms with E-state index in [0.717, 1.165) is 0 Å². The van der Waals surface area contributed by atoms with Crippen LogP contribution >= 0.6 is 0 Å². The summed E-state index contributed by atoms with van der Waals surface area (Å²) in [6.45, 7) is 42.9. The lowest BCUT2D eigenvalue weighted by Crippen LogP contribution is -2.43. The molecule has 0 N–H and O–H groups in total. The van der Waals surface area contributed by atoms with Crippen LogP contribution < -0.4 is 0 Å². The highest BCUT2D eigenvalue weighted by molar-refractivity contribution is 6.91. The fourth-order valence-electron chi connectivity index (χ4n) is 8.07. The number of hydrogen-bond acceptors (Lipinski definition) is 0. The highest BCUT2D eigenvalue weighted by Gasteiger charge is 2.42. The minimum absolute atomic E-state index is 0.00782. The molecule has 0 radical (unpaired) electrons. The van der Waals surface area contributed by atoms with Crippen molar-refractivity contribution in [1.82, 2.24) is 0 Å². The predicted octanol–water partition coefficient (Wildman–Crippen LogP) is 12.6. The van der Waals surface area contributed by atoms with E-state index in [1.165, 1.54) is 33.0 Å². The van der Waals surface area contributed by atoms with Gasteiger partial charge in [0.1, 0.15) is 16.1 Å². The monoisotopic (exact) mass is 600 g/mol. The zero-order chi connectivity index (χ0) is 32.6. The molecule has 0 unspecified atom stereocenters. The van der Waals surface area contributed by atoms with Crippen molar-refractivity contribution in [3.05, 3.63) is 46.5 Å². The SMILES string of the molecule is CC(C)[Si](C#Cc1cc(C(C)(C)C)c2cc(C#C[Si](C(C)C)(C(C)C)C(C)C)cc(C(C)(C)C)c2c1)(C(C)C)C(C)C. The lowest BCUT2D eigenvalue weighted by atomic mass is 9.77. The maximum absolute atomic E-state index is 4.00. The van der Waals surface area contributed by atoms with Gasteiger partial charge in [0.15, 0.2) is 0 Å². The molecule has 0 amide bonds. The molecule has 0 aliphatic rings. The van der Waals surface area contributed by atoms with Gasteiger partial charge in [0.2, 0.25) is 0 Å². The van der Waals surface area contributed by atoms with Gasteiger partial charge >= 0.3 is 0 Å². The van der Waals surface area contributed by atoms with Gasteiger partial charge in [-0.15, -0.1) is 11.1 Å².